The molecule has 96 valence electrons. The zero-order chi connectivity index (χ0) is 12.7. The van der Waals surface area contributed by atoms with E-state index in [2.05, 4.69) is 19.2 Å². The molecule has 17 heavy (non-hydrogen) atoms. The molecule has 0 aromatic heterocycles. The molecule has 0 saturated carbocycles. The van der Waals surface area contributed by atoms with Gasteiger partial charge in [-0.3, -0.25) is 0 Å². The van der Waals surface area contributed by atoms with Crippen molar-refractivity contribution in [2.45, 2.75) is 37.6 Å². The van der Waals surface area contributed by atoms with Crippen LogP contribution in [0.2, 0.25) is 0 Å². The molecule has 1 nitrogen and oxygen atoms in total. The van der Waals surface area contributed by atoms with Crippen LogP contribution < -0.4 is 5.32 Å². The van der Waals surface area contributed by atoms with Gasteiger partial charge in [-0.25, -0.2) is 8.78 Å². The fourth-order valence-corrected chi connectivity index (χ4v) is 2.43. The largest absolute Gasteiger partial charge is 0.313 e. The van der Waals surface area contributed by atoms with Crippen molar-refractivity contribution in [3.05, 3.63) is 29.8 Å². The molecule has 1 aromatic carbocycles. The summed E-state index contributed by atoms with van der Waals surface area (Å²) in [4.78, 5) is 0.384. The Hall–Kier alpha value is -0.610. The first-order valence-electron chi connectivity index (χ1n) is 5.94. The van der Waals surface area contributed by atoms with Gasteiger partial charge in [0.15, 0.2) is 0 Å². The molecule has 1 rings (SSSR count). The number of hydrogen-bond donors (Lipinski definition) is 1. The highest BCUT2D eigenvalue weighted by Crippen LogP contribution is 2.22. The molecule has 0 aliphatic heterocycles. The van der Waals surface area contributed by atoms with Crippen molar-refractivity contribution in [2.75, 3.05) is 12.3 Å². The molecule has 1 unspecified atom stereocenters. The molecular formula is C13H19F2NS. The molecule has 0 bridgehead atoms. The van der Waals surface area contributed by atoms with Crippen LogP contribution in [0.25, 0.3) is 0 Å². The summed E-state index contributed by atoms with van der Waals surface area (Å²) in [6.45, 7) is 5.09. The summed E-state index contributed by atoms with van der Waals surface area (Å²) in [6, 6.07) is 4.04. The minimum absolute atomic E-state index is 0.349. The number of halogens is 2. The maximum absolute atomic E-state index is 13.3. The maximum atomic E-state index is 13.3. The second-order valence-corrected chi connectivity index (χ2v) is 5.20. The van der Waals surface area contributed by atoms with E-state index in [1.807, 2.05) is 0 Å². The van der Waals surface area contributed by atoms with Crippen molar-refractivity contribution in [1.82, 2.24) is 5.32 Å². The average molecular weight is 259 g/mol. The van der Waals surface area contributed by atoms with Gasteiger partial charge in [-0.2, -0.15) is 0 Å². The number of rotatable bonds is 7. The Labute approximate surface area is 106 Å². The molecule has 1 aromatic rings. The Morgan fingerprint density at radius 2 is 2.12 bits per heavy atom. The Balaban J connectivity index is 2.28. The van der Waals surface area contributed by atoms with Crippen LogP contribution in [0.5, 0.6) is 0 Å². The van der Waals surface area contributed by atoms with Gasteiger partial charge in [-0.1, -0.05) is 13.3 Å². The summed E-state index contributed by atoms with van der Waals surface area (Å²) < 4.78 is 26.2. The van der Waals surface area contributed by atoms with Crippen molar-refractivity contribution < 1.29 is 8.78 Å². The summed E-state index contributed by atoms with van der Waals surface area (Å²) in [6.07, 6.45) is 2.29. The molecule has 0 aliphatic rings. The Morgan fingerprint density at radius 3 is 2.82 bits per heavy atom. The van der Waals surface area contributed by atoms with Crippen molar-refractivity contribution in [1.29, 1.82) is 0 Å². The van der Waals surface area contributed by atoms with Gasteiger partial charge in [-0.15, -0.1) is 11.8 Å². The highest BCUT2D eigenvalue weighted by atomic mass is 32.2. The lowest BCUT2D eigenvalue weighted by Gasteiger charge is -2.12. The molecule has 1 N–H and O–H groups in total. The Kier molecular flexibility index (Phi) is 6.52. The van der Waals surface area contributed by atoms with Gasteiger partial charge < -0.3 is 5.32 Å². The molecule has 4 heteroatoms. The zero-order valence-electron chi connectivity index (χ0n) is 10.3. The highest BCUT2D eigenvalue weighted by molar-refractivity contribution is 7.99. The minimum atomic E-state index is -0.388. The lowest BCUT2D eigenvalue weighted by molar-refractivity contribution is 0.526. The van der Waals surface area contributed by atoms with E-state index in [0.29, 0.717) is 10.9 Å². The van der Waals surface area contributed by atoms with Crippen LogP contribution in [0.15, 0.2) is 23.1 Å². The summed E-state index contributed by atoms with van der Waals surface area (Å²) in [5.41, 5.74) is 0. The third-order valence-corrected chi connectivity index (χ3v) is 3.50. The summed E-state index contributed by atoms with van der Waals surface area (Å²) in [5, 5.41) is 3.35. The van der Waals surface area contributed by atoms with Crippen molar-refractivity contribution in [3.8, 4) is 0 Å². The fourth-order valence-electron chi connectivity index (χ4n) is 1.59. The van der Waals surface area contributed by atoms with Gasteiger partial charge in [0.1, 0.15) is 11.6 Å². The average Bonchev–Trinajstić information content (AvgIpc) is 2.29. The van der Waals surface area contributed by atoms with Crippen LogP contribution in [-0.4, -0.2) is 18.3 Å². The molecule has 0 aliphatic carbocycles. The van der Waals surface area contributed by atoms with E-state index >= 15 is 0 Å². The third kappa shape index (κ3) is 5.50. The summed E-state index contributed by atoms with van der Waals surface area (Å²) in [7, 11) is 0. The second kappa shape index (κ2) is 7.67. The van der Waals surface area contributed by atoms with Crippen LogP contribution in [0, 0.1) is 11.6 Å². The van der Waals surface area contributed by atoms with Crippen LogP contribution in [-0.2, 0) is 0 Å². The van der Waals surface area contributed by atoms with Gasteiger partial charge in [0, 0.05) is 23.2 Å². The van der Waals surface area contributed by atoms with Crippen LogP contribution >= 0.6 is 11.8 Å². The standard InChI is InChI=1S/C13H19F2NS/c1-3-4-10(2)16-7-8-17-13-9-11(14)5-6-12(13)15/h5-6,9-10,16H,3-4,7-8H2,1-2H3. The first-order chi connectivity index (χ1) is 8.13. The van der Waals surface area contributed by atoms with Crippen molar-refractivity contribution in [2.24, 2.45) is 0 Å². The van der Waals surface area contributed by atoms with E-state index < -0.39 is 0 Å². The molecule has 0 fully saturated rings. The Bertz CT molecular complexity index is 344. The third-order valence-electron chi connectivity index (χ3n) is 2.47. The van der Waals surface area contributed by atoms with E-state index in [1.165, 1.54) is 23.9 Å². The lowest BCUT2D eigenvalue weighted by Crippen LogP contribution is -2.27. The van der Waals surface area contributed by atoms with Gasteiger partial charge in [0.2, 0.25) is 0 Å². The molecular weight excluding hydrogens is 240 g/mol. The van der Waals surface area contributed by atoms with Crippen LogP contribution in [0.4, 0.5) is 8.78 Å². The molecule has 0 saturated heterocycles. The first-order valence-corrected chi connectivity index (χ1v) is 6.93. The van der Waals surface area contributed by atoms with Gasteiger partial charge >= 0.3 is 0 Å². The van der Waals surface area contributed by atoms with Gasteiger partial charge in [0.05, 0.1) is 0 Å². The van der Waals surface area contributed by atoms with Crippen molar-refractivity contribution in [3.63, 3.8) is 0 Å². The number of hydrogen-bond acceptors (Lipinski definition) is 2. The molecule has 0 radical (unpaired) electrons. The van der Waals surface area contributed by atoms with E-state index in [4.69, 9.17) is 0 Å². The topological polar surface area (TPSA) is 12.0 Å². The minimum Gasteiger partial charge on any atom is -0.313 e. The summed E-state index contributed by atoms with van der Waals surface area (Å²) in [5.74, 6) is 0.00764. The van der Waals surface area contributed by atoms with Crippen LogP contribution in [0.1, 0.15) is 26.7 Å². The van der Waals surface area contributed by atoms with Crippen LogP contribution in [0.3, 0.4) is 0 Å². The van der Waals surface area contributed by atoms with Gasteiger partial charge in [-0.05, 0) is 31.5 Å². The number of nitrogens with one attached hydrogen (secondary N) is 1. The summed E-state index contributed by atoms with van der Waals surface area (Å²) >= 11 is 1.34. The highest BCUT2D eigenvalue weighted by Gasteiger charge is 2.04. The maximum Gasteiger partial charge on any atom is 0.136 e. The van der Waals surface area contributed by atoms with E-state index in [9.17, 15) is 8.78 Å². The van der Waals surface area contributed by atoms with E-state index in [-0.39, 0.29) is 11.6 Å². The predicted octanol–water partition coefficient (Wildman–Crippen LogP) is 3.84. The molecule has 0 amide bonds. The smallest absolute Gasteiger partial charge is 0.136 e. The van der Waals surface area contributed by atoms with Gasteiger partial charge in [0.25, 0.3) is 0 Å². The fraction of sp³-hybridized carbons (Fsp3) is 0.538. The molecule has 0 spiro atoms. The van der Waals surface area contributed by atoms with E-state index in [1.54, 1.807) is 0 Å². The molecule has 0 heterocycles. The van der Waals surface area contributed by atoms with Crippen molar-refractivity contribution >= 4 is 11.8 Å². The van der Waals surface area contributed by atoms with E-state index in [0.717, 1.165) is 31.2 Å². The number of benzene rings is 1. The first kappa shape index (κ1) is 14.5. The molecule has 1 atom stereocenters. The SMILES string of the molecule is CCCC(C)NCCSc1cc(F)ccc1F. The zero-order valence-corrected chi connectivity index (χ0v) is 11.1. The monoisotopic (exact) mass is 259 g/mol. The predicted molar refractivity (Wildman–Crippen MR) is 69.5 cm³/mol. The second-order valence-electron chi connectivity index (χ2n) is 4.07. The lowest BCUT2D eigenvalue weighted by atomic mass is 10.2. The Morgan fingerprint density at radius 1 is 1.35 bits per heavy atom. The number of thioether (sulfide) groups is 1. The normalized spacial score (nSPS) is 12.7. The quantitative estimate of drug-likeness (QED) is 0.590.